The number of esters is 1. The van der Waals surface area contributed by atoms with Crippen molar-refractivity contribution in [2.45, 2.75) is 71.1 Å². The zero-order valence-corrected chi connectivity index (χ0v) is 15.2. The molecule has 3 nitrogen and oxygen atoms in total. The first-order valence-corrected chi connectivity index (χ1v) is 9.45. The fourth-order valence-corrected chi connectivity index (χ4v) is 3.46. The van der Waals surface area contributed by atoms with E-state index in [1.54, 1.807) is 0 Å². The summed E-state index contributed by atoms with van der Waals surface area (Å²) < 4.78 is 45.5. The summed E-state index contributed by atoms with van der Waals surface area (Å²) in [5.74, 6) is 0.203. The number of alkyl halides is 3. The summed E-state index contributed by atoms with van der Waals surface area (Å²) >= 11 is 0. The molecule has 1 aliphatic rings. The molecule has 0 bridgehead atoms. The van der Waals surface area contributed by atoms with Gasteiger partial charge in [0.15, 0.2) is 0 Å². The number of hydrogen-bond acceptors (Lipinski definition) is 3. The maximum atomic E-state index is 12.3. The van der Waals surface area contributed by atoms with E-state index in [9.17, 15) is 18.0 Å². The lowest BCUT2D eigenvalue weighted by Gasteiger charge is -2.27. The van der Waals surface area contributed by atoms with Gasteiger partial charge in [-0.25, -0.2) is 0 Å². The number of rotatable bonds is 8. The van der Waals surface area contributed by atoms with E-state index in [1.165, 1.54) is 44.2 Å². The quantitative estimate of drug-likeness (QED) is 0.307. The van der Waals surface area contributed by atoms with Crippen LogP contribution in [-0.4, -0.2) is 12.3 Å². The molecule has 0 aromatic heterocycles. The van der Waals surface area contributed by atoms with Crippen LogP contribution in [0.2, 0.25) is 0 Å². The summed E-state index contributed by atoms with van der Waals surface area (Å²) in [5, 5.41) is 0. The number of carbonyl (C=O) groups is 1. The van der Waals surface area contributed by atoms with Crippen molar-refractivity contribution in [1.29, 1.82) is 0 Å². The molecule has 1 fully saturated rings. The lowest BCUT2D eigenvalue weighted by Crippen LogP contribution is -2.25. The second-order valence-corrected chi connectivity index (χ2v) is 7.01. The second-order valence-electron chi connectivity index (χ2n) is 7.01. The number of hydrogen-bond donors (Lipinski definition) is 0. The molecule has 1 saturated carbocycles. The Morgan fingerprint density at radius 3 is 2.19 bits per heavy atom. The fraction of sp³-hybridized carbons (Fsp3) is 0.650. The highest BCUT2D eigenvalue weighted by molar-refractivity contribution is 5.75. The Hall–Kier alpha value is -1.72. The molecule has 146 valence electrons. The minimum Gasteiger partial charge on any atom is -0.426 e. The van der Waals surface area contributed by atoms with E-state index >= 15 is 0 Å². The Balaban J connectivity index is 1.73. The van der Waals surface area contributed by atoms with E-state index < -0.39 is 6.36 Å². The summed E-state index contributed by atoms with van der Waals surface area (Å²) in [6.07, 6.45) is 5.33. The topological polar surface area (TPSA) is 35.5 Å². The van der Waals surface area contributed by atoms with Gasteiger partial charge >= 0.3 is 12.3 Å². The van der Waals surface area contributed by atoms with Crippen LogP contribution in [0.1, 0.15) is 64.7 Å². The van der Waals surface area contributed by atoms with Gasteiger partial charge in [-0.2, -0.15) is 0 Å². The minimum atomic E-state index is -4.73. The third-order valence-electron chi connectivity index (χ3n) is 4.92. The number of carbonyl (C=O) groups excluding carboxylic acids is 1. The molecule has 6 heteroatoms. The van der Waals surface area contributed by atoms with Crippen LogP contribution in [-0.2, 0) is 4.79 Å². The molecule has 0 amide bonds. The van der Waals surface area contributed by atoms with E-state index in [1.807, 2.05) is 0 Å². The molecular weight excluding hydrogens is 345 g/mol. The maximum absolute atomic E-state index is 12.3. The molecule has 0 unspecified atom stereocenters. The molecule has 26 heavy (non-hydrogen) atoms. The van der Waals surface area contributed by atoms with Crippen LogP contribution in [0.25, 0.3) is 0 Å². The first kappa shape index (κ1) is 20.6. The van der Waals surface area contributed by atoms with Gasteiger partial charge in [0, 0.05) is 0 Å². The van der Waals surface area contributed by atoms with Crippen molar-refractivity contribution in [3.8, 4) is 11.5 Å². The normalized spacial score (nSPS) is 20.6. The standard InChI is InChI=1S/C20H27F3O3/c1-2-3-4-5-6-15-7-9-16(10-8-15)19(24)25-17-11-13-18(14-12-17)26-20(21,22)23/h11-16H,2-10H2,1H3. The van der Waals surface area contributed by atoms with Crippen LogP contribution in [0.4, 0.5) is 13.2 Å². The van der Waals surface area contributed by atoms with Gasteiger partial charge in [-0.1, -0.05) is 39.0 Å². The predicted octanol–water partition coefficient (Wildman–Crippen LogP) is 6.27. The van der Waals surface area contributed by atoms with E-state index in [4.69, 9.17) is 4.74 Å². The van der Waals surface area contributed by atoms with Gasteiger partial charge in [0.1, 0.15) is 11.5 Å². The van der Waals surface area contributed by atoms with E-state index in [2.05, 4.69) is 11.7 Å². The first-order valence-electron chi connectivity index (χ1n) is 9.45. The molecule has 0 aliphatic heterocycles. The van der Waals surface area contributed by atoms with Crippen molar-refractivity contribution in [3.05, 3.63) is 24.3 Å². The lowest BCUT2D eigenvalue weighted by atomic mass is 9.80. The smallest absolute Gasteiger partial charge is 0.426 e. The summed E-state index contributed by atoms with van der Waals surface area (Å²) in [4.78, 5) is 12.3. The van der Waals surface area contributed by atoms with Crippen LogP contribution < -0.4 is 9.47 Å². The van der Waals surface area contributed by atoms with Crippen LogP contribution in [0.5, 0.6) is 11.5 Å². The summed E-state index contributed by atoms with van der Waals surface area (Å²) in [5.41, 5.74) is 0. The third-order valence-corrected chi connectivity index (χ3v) is 4.92. The fourth-order valence-electron chi connectivity index (χ4n) is 3.46. The van der Waals surface area contributed by atoms with Crippen molar-refractivity contribution in [2.24, 2.45) is 11.8 Å². The zero-order valence-electron chi connectivity index (χ0n) is 15.2. The zero-order chi connectivity index (χ0) is 19.0. The molecule has 0 atom stereocenters. The number of ether oxygens (including phenoxy) is 2. The van der Waals surface area contributed by atoms with E-state index in [0.717, 1.165) is 37.8 Å². The van der Waals surface area contributed by atoms with Gasteiger partial charge in [0.25, 0.3) is 0 Å². The molecule has 1 aliphatic carbocycles. The molecule has 0 N–H and O–H groups in total. The maximum Gasteiger partial charge on any atom is 0.573 e. The highest BCUT2D eigenvalue weighted by Crippen LogP contribution is 2.33. The molecule has 2 rings (SSSR count). The van der Waals surface area contributed by atoms with Crippen LogP contribution >= 0.6 is 0 Å². The molecule has 1 aromatic carbocycles. The molecular formula is C20H27F3O3. The largest absolute Gasteiger partial charge is 0.573 e. The lowest BCUT2D eigenvalue weighted by molar-refractivity contribution is -0.274. The highest BCUT2D eigenvalue weighted by atomic mass is 19.4. The monoisotopic (exact) mass is 372 g/mol. The minimum absolute atomic E-state index is 0.118. The summed E-state index contributed by atoms with van der Waals surface area (Å²) in [7, 11) is 0. The van der Waals surface area contributed by atoms with E-state index in [-0.39, 0.29) is 23.4 Å². The van der Waals surface area contributed by atoms with Crippen molar-refractivity contribution in [2.75, 3.05) is 0 Å². The number of benzene rings is 1. The van der Waals surface area contributed by atoms with Crippen molar-refractivity contribution >= 4 is 5.97 Å². The van der Waals surface area contributed by atoms with E-state index in [0.29, 0.717) is 5.92 Å². The SMILES string of the molecule is CCCCCCC1CCC(C(=O)Oc2ccc(OC(F)(F)F)cc2)CC1. The second kappa shape index (κ2) is 9.83. The summed E-state index contributed by atoms with van der Waals surface area (Å²) in [6, 6.07) is 4.92. The van der Waals surface area contributed by atoms with Gasteiger partial charge < -0.3 is 9.47 Å². The average molecular weight is 372 g/mol. The van der Waals surface area contributed by atoms with Gasteiger partial charge in [-0.05, 0) is 55.9 Å². The Labute approximate surface area is 152 Å². The van der Waals surface area contributed by atoms with Gasteiger partial charge in [-0.15, -0.1) is 13.2 Å². The van der Waals surface area contributed by atoms with Gasteiger partial charge in [0.05, 0.1) is 5.92 Å². The third kappa shape index (κ3) is 7.26. The Kier molecular flexibility index (Phi) is 7.79. The number of halogens is 3. The Morgan fingerprint density at radius 2 is 1.62 bits per heavy atom. The average Bonchev–Trinajstić information content (AvgIpc) is 2.60. The van der Waals surface area contributed by atoms with Crippen LogP contribution in [0, 0.1) is 11.8 Å². The van der Waals surface area contributed by atoms with Crippen LogP contribution in [0.3, 0.4) is 0 Å². The van der Waals surface area contributed by atoms with Gasteiger partial charge in [0.2, 0.25) is 0 Å². The van der Waals surface area contributed by atoms with Crippen molar-refractivity contribution in [3.63, 3.8) is 0 Å². The Bertz CT molecular complexity index is 546. The first-order chi connectivity index (χ1) is 12.4. The molecule has 0 spiro atoms. The highest BCUT2D eigenvalue weighted by Gasteiger charge is 2.31. The van der Waals surface area contributed by atoms with Gasteiger partial charge in [-0.3, -0.25) is 4.79 Å². The Morgan fingerprint density at radius 1 is 1.00 bits per heavy atom. The summed E-state index contributed by atoms with van der Waals surface area (Å²) in [6.45, 7) is 2.20. The molecule has 0 radical (unpaired) electrons. The van der Waals surface area contributed by atoms with Crippen LogP contribution in [0.15, 0.2) is 24.3 Å². The van der Waals surface area contributed by atoms with Crippen molar-refractivity contribution < 1.29 is 27.4 Å². The molecule has 1 aromatic rings. The predicted molar refractivity (Wildman–Crippen MR) is 93.0 cm³/mol. The number of unbranched alkanes of at least 4 members (excludes halogenated alkanes) is 3. The van der Waals surface area contributed by atoms with Crippen molar-refractivity contribution in [1.82, 2.24) is 0 Å². The molecule has 0 heterocycles. The molecule has 0 saturated heterocycles.